The van der Waals surface area contributed by atoms with Crippen molar-refractivity contribution in [2.24, 2.45) is 7.05 Å². The van der Waals surface area contributed by atoms with Crippen molar-refractivity contribution >= 4 is 10.9 Å². The first-order valence-corrected chi connectivity index (χ1v) is 6.03. The summed E-state index contributed by atoms with van der Waals surface area (Å²) in [6, 6.07) is 5.36. The second kappa shape index (κ2) is 3.33. The molecule has 0 unspecified atom stereocenters. The van der Waals surface area contributed by atoms with Crippen LogP contribution < -0.4 is 5.32 Å². The largest absolute Gasteiger partial charge is 0.343 e. The van der Waals surface area contributed by atoms with E-state index >= 15 is 0 Å². The van der Waals surface area contributed by atoms with Crippen LogP contribution >= 0.6 is 0 Å². The lowest BCUT2D eigenvalue weighted by Gasteiger charge is -2.33. The van der Waals surface area contributed by atoms with E-state index in [0.717, 1.165) is 23.9 Å². The Balaban J connectivity index is 2.46. The normalized spacial score (nSPS) is 18.4. The van der Waals surface area contributed by atoms with Gasteiger partial charge in [0, 0.05) is 24.7 Å². The molecule has 1 N–H and O–H groups in total. The first-order valence-electron chi connectivity index (χ1n) is 6.03. The second-order valence-electron chi connectivity index (χ2n) is 5.32. The lowest BCUT2D eigenvalue weighted by atomic mass is 9.90. The van der Waals surface area contributed by atoms with Gasteiger partial charge in [-0.25, -0.2) is 4.39 Å². The molecule has 0 saturated heterocycles. The maximum absolute atomic E-state index is 13.9. The number of hydrogen-bond acceptors (Lipinski definition) is 1. The second-order valence-corrected chi connectivity index (χ2v) is 5.32. The smallest absolute Gasteiger partial charge is 0.147 e. The average Bonchev–Trinajstić information content (AvgIpc) is 2.55. The Morgan fingerprint density at radius 1 is 1.35 bits per heavy atom. The molecule has 0 amide bonds. The van der Waals surface area contributed by atoms with E-state index in [1.165, 1.54) is 17.3 Å². The maximum atomic E-state index is 13.9. The van der Waals surface area contributed by atoms with Crippen molar-refractivity contribution in [1.29, 1.82) is 0 Å². The van der Waals surface area contributed by atoms with Crippen molar-refractivity contribution in [3.8, 4) is 0 Å². The summed E-state index contributed by atoms with van der Waals surface area (Å²) in [5.41, 5.74) is 3.15. The molecule has 3 rings (SSSR count). The molecule has 0 aliphatic carbocycles. The Bertz CT molecular complexity index is 596. The Labute approximate surface area is 100 Å². The maximum Gasteiger partial charge on any atom is 0.147 e. The molecule has 90 valence electrons. The van der Waals surface area contributed by atoms with Crippen LogP contribution in [-0.2, 0) is 19.0 Å². The number of aromatic nitrogens is 1. The standard InChI is InChI=1S/C14H17FN2/c1-14(2)13-10(7-8-16-14)9-5-4-6-11(15)12(9)17(13)3/h4-6,16H,7-8H2,1-3H3. The van der Waals surface area contributed by atoms with E-state index in [0.29, 0.717) is 0 Å². The zero-order chi connectivity index (χ0) is 12.2. The van der Waals surface area contributed by atoms with Crippen LogP contribution in [0.3, 0.4) is 0 Å². The molecule has 0 atom stereocenters. The third-order valence-corrected chi connectivity index (χ3v) is 3.80. The van der Waals surface area contributed by atoms with E-state index in [1.807, 2.05) is 17.7 Å². The summed E-state index contributed by atoms with van der Waals surface area (Å²) >= 11 is 0. The molecule has 2 aromatic rings. The number of fused-ring (bicyclic) bond motifs is 3. The summed E-state index contributed by atoms with van der Waals surface area (Å²) in [6.07, 6.45) is 0.972. The van der Waals surface area contributed by atoms with Gasteiger partial charge in [-0.1, -0.05) is 12.1 Å². The molecular weight excluding hydrogens is 215 g/mol. The van der Waals surface area contributed by atoms with Crippen molar-refractivity contribution in [1.82, 2.24) is 9.88 Å². The lowest BCUT2D eigenvalue weighted by molar-refractivity contribution is 0.363. The molecule has 1 aliphatic rings. The van der Waals surface area contributed by atoms with Gasteiger partial charge in [-0.2, -0.15) is 0 Å². The van der Waals surface area contributed by atoms with Gasteiger partial charge >= 0.3 is 0 Å². The van der Waals surface area contributed by atoms with E-state index in [4.69, 9.17) is 0 Å². The molecule has 0 bridgehead atoms. The molecule has 2 heterocycles. The van der Waals surface area contributed by atoms with Gasteiger partial charge in [0.1, 0.15) is 5.82 Å². The zero-order valence-corrected chi connectivity index (χ0v) is 10.5. The van der Waals surface area contributed by atoms with Crippen molar-refractivity contribution < 1.29 is 4.39 Å². The Morgan fingerprint density at radius 2 is 2.12 bits per heavy atom. The number of rotatable bonds is 0. The highest BCUT2D eigenvalue weighted by molar-refractivity contribution is 5.86. The van der Waals surface area contributed by atoms with Gasteiger partial charge in [0.05, 0.1) is 11.1 Å². The van der Waals surface area contributed by atoms with Gasteiger partial charge in [-0.15, -0.1) is 0 Å². The molecule has 1 aromatic carbocycles. The van der Waals surface area contributed by atoms with Crippen molar-refractivity contribution in [2.45, 2.75) is 25.8 Å². The minimum absolute atomic E-state index is 0.0895. The van der Waals surface area contributed by atoms with Gasteiger partial charge in [-0.3, -0.25) is 0 Å². The van der Waals surface area contributed by atoms with Crippen LogP contribution in [0.25, 0.3) is 10.9 Å². The van der Waals surface area contributed by atoms with Crippen molar-refractivity contribution in [3.05, 3.63) is 35.3 Å². The molecule has 0 saturated carbocycles. The van der Waals surface area contributed by atoms with E-state index in [2.05, 4.69) is 19.2 Å². The summed E-state index contributed by atoms with van der Waals surface area (Å²) in [5, 5.41) is 4.56. The van der Waals surface area contributed by atoms with Crippen LogP contribution in [0.5, 0.6) is 0 Å². The molecule has 0 fully saturated rings. The van der Waals surface area contributed by atoms with Gasteiger partial charge in [0.15, 0.2) is 0 Å². The van der Waals surface area contributed by atoms with Crippen LogP contribution in [0.4, 0.5) is 4.39 Å². The van der Waals surface area contributed by atoms with Crippen LogP contribution in [0.15, 0.2) is 18.2 Å². The van der Waals surface area contributed by atoms with Crippen LogP contribution in [0, 0.1) is 5.82 Å². The summed E-state index contributed by atoms with van der Waals surface area (Å²) in [7, 11) is 1.96. The summed E-state index contributed by atoms with van der Waals surface area (Å²) in [5.74, 6) is -0.129. The predicted molar refractivity (Wildman–Crippen MR) is 67.6 cm³/mol. The van der Waals surface area contributed by atoms with Gasteiger partial charge in [-0.05, 0) is 31.9 Å². The Hall–Kier alpha value is -1.35. The number of nitrogens with zero attached hydrogens (tertiary/aromatic N) is 1. The Kier molecular flexibility index (Phi) is 2.11. The number of nitrogens with one attached hydrogen (secondary N) is 1. The summed E-state index contributed by atoms with van der Waals surface area (Å²) in [6.45, 7) is 5.26. The highest BCUT2D eigenvalue weighted by Gasteiger charge is 2.32. The fourth-order valence-corrected chi connectivity index (χ4v) is 3.17. The van der Waals surface area contributed by atoms with Crippen molar-refractivity contribution in [3.63, 3.8) is 0 Å². The highest BCUT2D eigenvalue weighted by atomic mass is 19.1. The third kappa shape index (κ3) is 1.35. The number of hydrogen-bond donors (Lipinski definition) is 1. The van der Waals surface area contributed by atoms with E-state index in [9.17, 15) is 4.39 Å². The molecule has 2 nitrogen and oxygen atoms in total. The Morgan fingerprint density at radius 3 is 2.88 bits per heavy atom. The molecule has 0 spiro atoms. The summed E-state index contributed by atoms with van der Waals surface area (Å²) < 4.78 is 16.0. The monoisotopic (exact) mass is 232 g/mol. The fraction of sp³-hybridized carbons (Fsp3) is 0.429. The minimum atomic E-state index is -0.129. The predicted octanol–water partition coefficient (Wildman–Crippen LogP) is 2.70. The fourth-order valence-electron chi connectivity index (χ4n) is 3.17. The van der Waals surface area contributed by atoms with Crippen LogP contribution in [0.2, 0.25) is 0 Å². The molecule has 3 heteroatoms. The van der Waals surface area contributed by atoms with Crippen molar-refractivity contribution in [2.75, 3.05) is 6.54 Å². The number of halogens is 1. The summed E-state index contributed by atoms with van der Waals surface area (Å²) in [4.78, 5) is 0. The van der Waals surface area contributed by atoms with Gasteiger partial charge in [0.25, 0.3) is 0 Å². The van der Waals surface area contributed by atoms with Crippen LogP contribution in [0.1, 0.15) is 25.1 Å². The zero-order valence-electron chi connectivity index (χ0n) is 10.5. The SMILES string of the molecule is Cn1c2c(c3cccc(F)c31)CCNC2(C)C. The minimum Gasteiger partial charge on any atom is -0.343 e. The molecule has 1 aromatic heterocycles. The first-order chi connectivity index (χ1) is 8.02. The lowest BCUT2D eigenvalue weighted by Crippen LogP contribution is -2.43. The van der Waals surface area contributed by atoms with E-state index < -0.39 is 0 Å². The van der Waals surface area contributed by atoms with Gasteiger partial charge < -0.3 is 9.88 Å². The number of aryl methyl sites for hydroxylation is 1. The molecule has 17 heavy (non-hydrogen) atoms. The average molecular weight is 232 g/mol. The highest BCUT2D eigenvalue weighted by Crippen LogP contribution is 2.36. The van der Waals surface area contributed by atoms with E-state index in [1.54, 1.807) is 6.07 Å². The van der Waals surface area contributed by atoms with Crippen LogP contribution in [-0.4, -0.2) is 11.1 Å². The topological polar surface area (TPSA) is 17.0 Å². The quantitative estimate of drug-likeness (QED) is 0.739. The van der Waals surface area contributed by atoms with Gasteiger partial charge in [0.2, 0.25) is 0 Å². The molecular formula is C14H17FN2. The first kappa shape index (κ1) is 10.8. The molecule has 0 radical (unpaired) electrons. The number of benzene rings is 1. The number of para-hydroxylation sites is 1. The molecule has 1 aliphatic heterocycles. The van der Waals surface area contributed by atoms with E-state index in [-0.39, 0.29) is 11.4 Å². The third-order valence-electron chi connectivity index (χ3n) is 3.80.